The number of hydrogen-bond donors (Lipinski definition) is 7. The highest BCUT2D eigenvalue weighted by Gasteiger charge is 2.77. The van der Waals surface area contributed by atoms with Crippen LogP contribution in [0.25, 0.3) is 0 Å². The lowest BCUT2D eigenvalue weighted by Crippen LogP contribution is -2.72. The van der Waals surface area contributed by atoms with Crippen LogP contribution in [0.1, 0.15) is 139 Å². The lowest BCUT2D eigenvalue weighted by Gasteiger charge is -2.66. The van der Waals surface area contributed by atoms with Gasteiger partial charge in [-0.2, -0.15) is 0 Å². The standard InChI is InChI=1S/C54H90O21/c1-12-25(2)49(61)69-29(6)53(62)17-18-54(63)33-14-13-31-19-32(15-16-51(31,8)34(33)20-39(52(53,54)9)70-30(7)56)71-40-21-35(57)46(26(3)66-40)73-41-22-36(64-10)47(27(4)67-41)74-42-23-37(65-11)48(28(5)68-42)75-50-45(60)44(59)43(58)38(24-55)72-50/h25-29,31-48,50,55,57-60,62-63H,12-24H2,1-11H3/t25-,26-,27-,28-,29+,31+,32+,33-,34+,35+,36+,37-,38-,39-,40+,41+,42+,43-,44+,45-,46-,47-,48-,50+,51+,52-,53-,54+/m1/s1. The number of carbonyl (C=O) groups is 2. The molecule has 0 amide bonds. The number of aliphatic hydroxyl groups excluding tert-OH is 5. The lowest BCUT2D eigenvalue weighted by molar-refractivity contribution is -0.357. The monoisotopic (exact) mass is 1070 g/mol. The van der Waals surface area contributed by atoms with Crippen molar-refractivity contribution in [3.05, 3.63) is 0 Å². The molecule has 8 rings (SSSR count). The number of fused-ring (bicyclic) bond motifs is 5. The van der Waals surface area contributed by atoms with Crippen molar-refractivity contribution < 1.29 is 102 Å². The van der Waals surface area contributed by atoms with Gasteiger partial charge in [0.2, 0.25) is 0 Å². The zero-order valence-electron chi connectivity index (χ0n) is 45.9. The Kier molecular flexibility index (Phi) is 18.5. The van der Waals surface area contributed by atoms with E-state index in [1.807, 2.05) is 27.7 Å². The molecule has 0 aromatic carbocycles. The normalized spacial score (nSPS) is 50.9. The quantitative estimate of drug-likeness (QED) is 0.0864. The van der Waals surface area contributed by atoms with Crippen LogP contribution in [-0.2, 0) is 66.4 Å². The molecule has 4 aliphatic carbocycles. The van der Waals surface area contributed by atoms with Crippen LogP contribution in [0.2, 0.25) is 0 Å². The summed E-state index contributed by atoms with van der Waals surface area (Å²) in [5, 5.41) is 78.1. The van der Waals surface area contributed by atoms with Crippen molar-refractivity contribution in [1.82, 2.24) is 0 Å². The Morgan fingerprint density at radius 3 is 1.84 bits per heavy atom. The highest BCUT2D eigenvalue weighted by atomic mass is 16.8. The van der Waals surface area contributed by atoms with E-state index in [9.17, 15) is 45.3 Å². The molecule has 0 radical (unpaired) electrons. The van der Waals surface area contributed by atoms with Crippen LogP contribution >= 0.6 is 0 Å². The van der Waals surface area contributed by atoms with E-state index in [1.165, 1.54) is 14.0 Å². The van der Waals surface area contributed by atoms with Crippen LogP contribution in [0.4, 0.5) is 0 Å². The van der Waals surface area contributed by atoms with Gasteiger partial charge in [-0.05, 0) is 109 Å². The number of carbonyl (C=O) groups excluding carboxylic acids is 2. The van der Waals surface area contributed by atoms with Gasteiger partial charge in [0.15, 0.2) is 25.2 Å². The number of esters is 2. The summed E-state index contributed by atoms with van der Waals surface area (Å²) in [5.74, 6) is -1.19. The van der Waals surface area contributed by atoms with E-state index in [1.54, 1.807) is 27.9 Å². The number of ether oxygens (including phenoxy) is 12. The Balaban J connectivity index is 0.839. The van der Waals surface area contributed by atoms with Crippen molar-refractivity contribution in [2.75, 3.05) is 20.8 Å². The smallest absolute Gasteiger partial charge is 0.309 e. The van der Waals surface area contributed by atoms with Crippen LogP contribution in [0.3, 0.4) is 0 Å². The molecule has 75 heavy (non-hydrogen) atoms. The summed E-state index contributed by atoms with van der Waals surface area (Å²) in [6.45, 7) is 15.7. The number of hydrogen-bond acceptors (Lipinski definition) is 21. The average Bonchev–Trinajstić information content (AvgIpc) is 3.59. The van der Waals surface area contributed by atoms with Crippen molar-refractivity contribution in [2.24, 2.45) is 34.5 Å². The van der Waals surface area contributed by atoms with Crippen molar-refractivity contribution in [1.29, 1.82) is 0 Å². The Morgan fingerprint density at radius 1 is 0.680 bits per heavy atom. The summed E-state index contributed by atoms with van der Waals surface area (Å²) in [7, 11) is 3.08. The zero-order chi connectivity index (χ0) is 54.7. The zero-order valence-corrected chi connectivity index (χ0v) is 45.9. The van der Waals surface area contributed by atoms with E-state index in [0.717, 1.165) is 32.1 Å². The van der Waals surface area contributed by atoms with Crippen LogP contribution in [0.5, 0.6) is 0 Å². The first-order chi connectivity index (χ1) is 35.4. The summed E-state index contributed by atoms with van der Waals surface area (Å²) in [4.78, 5) is 25.8. The maximum Gasteiger partial charge on any atom is 0.309 e. The molecule has 7 N–H and O–H groups in total. The average molecular weight is 1080 g/mol. The maximum absolute atomic E-state index is 13.1. The van der Waals surface area contributed by atoms with Crippen molar-refractivity contribution in [3.63, 3.8) is 0 Å². The predicted molar refractivity (Wildman–Crippen MR) is 262 cm³/mol. The summed E-state index contributed by atoms with van der Waals surface area (Å²) in [5.41, 5.74) is -4.52. The van der Waals surface area contributed by atoms with E-state index in [0.29, 0.717) is 19.3 Å². The fraction of sp³-hybridized carbons (Fsp3) is 0.963. The molecule has 8 aliphatic rings. The topological polar surface area (TPSA) is 287 Å². The summed E-state index contributed by atoms with van der Waals surface area (Å²) < 4.78 is 74.0. The number of rotatable bonds is 16. The fourth-order valence-corrected chi connectivity index (χ4v) is 15.1. The molecular weight excluding hydrogens is 985 g/mol. The second-order valence-corrected chi connectivity index (χ2v) is 23.9. The minimum Gasteiger partial charge on any atom is -0.462 e. The first kappa shape index (κ1) is 59.4. The van der Waals surface area contributed by atoms with Crippen molar-refractivity contribution in [3.8, 4) is 0 Å². The van der Waals surface area contributed by atoms with Gasteiger partial charge in [0.05, 0.1) is 66.3 Å². The summed E-state index contributed by atoms with van der Waals surface area (Å²) in [6.07, 6.45) is -11.1. The van der Waals surface area contributed by atoms with Crippen molar-refractivity contribution in [2.45, 2.75) is 273 Å². The molecule has 4 saturated heterocycles. The van der Waals surface area contributed by atoms with E-state index >= 15 is 0 Å². The van der Waals surface area contributed by atoms with Gasteiger partial charge < -0.3 is 92.6 Å². The Labute approximate surface area is 441 Å². The highest BCUT2D eigenvalue weighted by molar-refractivity contribution is 5.72. The molecule has 21 nitrogen and oxygen atoms in total. The van der Waals surface area contributed by atoms with Gasteiger partial charge in [-0.3, -0.25) is 9.59 Å². The SMILES string of the molecule is CC[C@@H](C)C(=O)O[C@@H](C)[C@]1(O)CC[C@]2(O)[C@@H]3CC[C@H]4C[C@@H](O[C@H]5C[C@H](O)[C@H](O[C@H]6C[C@H](OC)[C@H](O[C@H]7C[C@@H](OC)[C@H](O[C@@H]8O[C@H](CO)[C@@H](O)[C@H](O)[C@H]8O)[C@@H](C)O7)[C@@H](C)O6)[C@@H](C)O5)CC[C@]4(C)[C@H]3C[C@@H](OC(C)=O)[C@]12C. The fourth-order valence-electron chi connectivity index (χ4n) is 15.1. The summed E-state index contributed by atoms with van der Waals surface area (Å²) in [6, 6.07) is 0. The van der Waals surface area contributed by atoms with Crippen LogP contribution in [0, 0.1) is 34.5 Å². The third kappa shape index (κ3) is 11.0. The molecule has 21 heteroatoms. The van der Waals surface area contributed by atoms with Gasteiger partial charge in [0.25, 0.3) is 0 Å². The van der Waals surface area contributed by atoms with Crippen molar-refractivity contribution >= 4 is 11.9 Å². The maximum atomic E-state index is 13.1. The Morgan fingerprint density at radius 2 is 1.27 bits per heavy atom. The third-order valence-electron chi connectivity index (χ3n) is 19.9. The van der Waals surface area contributed by atoms with E-state index in [4.69, 9.17) is 56.8 Å². The molecule has 4 aliphatic heterocycles. The summed E-state index contributed by atoms with van der Waals surface area (Å²) >= 11 is 0. The minimum atomic E-state index is -1.63. The van der Waals surface area contributed by atoms with Gasteiger partial charge in [0.1, 0.15) is 60.5 Å². The van der Waals surface area contributed by atoms with E-state index in [-0.39, 0.29) is 60.9 Å². The molecule has 0 aromatic rings. The molecule has 0 aromatic heterocycles. The van der Waals surface area contributed by atoms with Gasteiger partial charge in [-0.1, -0.05) is 27.7 Å². The first-order valence-corrected chi connectivity index (χ1v) is 27.8. The molecule has 8 fully saturated rings. The van der Waals surface area contributed by atoms with Crippen LogP contribution < -0.4 is 0 Å². The Bertz CT molecular complexity index is 1920. The van der Waals surface area contributed by atoms with E-state index in [2.05, 4.69) is 6.92 Å². The Hall–Kier alpha value is -1.74. The van der Waals surface area contributed by atoms with Crippen LogP contribution in [-0.4, -0.2) is 203 Å². The largest absolute Gasteiger partial charge is 0.462 e. The third-order valence-corrected chi connectivity index (χ3v) is 19.9. The molecule has 4 saturated carbocycles. The molecule has 4 heterocycles. The number of methoxy groups -OCH3 is 2. The predicted octanol–water partition coefficient (Wildman–Crippen LogP) is 2.53. The van der Waals surface area contributed by atoms with E-state index < -0.39 is 152 Å². The van der Waals surface area contributed by atoms with Gasteiger partial charge in [-0.15, -0.1) is 0 Å². The first-order valence-electron chi connectivity index (χ1n) is 27.8. The minimum absolute atomic E-state index is 0.00841. The molecule has 28 atom stereocenters. The molecule has 432 valence electrons. The highest BCUT2D eigenvalue weighted by Crippen LogP contribution is 2.71. The van der Waals surface area contributed by atoms with Crippen LogP contribution in [0.15, 0.2) is 0 Å². The lowest BCUT2D eigenvalue weighted by atomic mass is 9.42. The second kappa shape index (κ2) is 23.4. The molecule has 0 unspecified atom stereocenters. The van der Waals surface area contributed by atoms with Gasteiger partial charge >= 0.3 is 11.9 Å². The van der Waals surface area contributed by atoms with Gasteiger partial charge in [0, 0.05) is 40.4 Å². The number of aliphatic hydroxyl groups is 7. The van der Waals surface area contributed by atoms with Gasteiger partial charge in [-0.25, -0.2) is 0 Å². The molecule has 0 bridgehead atoms. The molecule has 0 spiro atoms. The second-order valence-electron chi connectivity index (χ2n) is 23.9. The molecular formula is C54H90O21.